The van der Waals surface area contributed by atoms with Gasteiger partial charge in [-0.15, -0.1) is 0 Å². The minimum atomic E-state index is -0.213. The highest BCUT2D eigenvalue weighted by Gasteiger charge is 2.26. The first kappa shape index (κ1) is 20.7. The summed E-state index contributed by atoms with van der Waals surface area (Å²) in [5.74, 6) is 0.633. The normalized spacial score (nSPS) is 12.0. The highest BCUT2D eigenvalue weighted by molar-refractivity contribution is 5.85. The van der Waals surface area contributed by atoms with E-state index < -0.39 is 0 Å². The van der Waals surface area contributed by atoms with Gasteiger partial charge in [-0.1, -0.05) is 67.1 Å². The van der Waals surface area contributed by atoms with Gasteiger partial charge in [-0.25, -0.2) is 0 Å². The lowest BCUT2D eigenvalue weighted by Gasteiger charge is -2.29. The summed E-state index contributed by atoms with van der Waals surface area (Å²) in [6, 6.07) is 24.2. The minimum absolute atomic E-state index is 0.00725. The van der Waals surface area contributed by atoms with Crippen LogP contribution in [0.25, 0.3) is 10.9 Å². The van der Waals surface area contributed by atoms with Gasteiger partial charge in [-0.05, 0) is 42.7 Å². The van der Waals surface area contributed by atoms with Gasteiger partial charge in [0.1, 0.15) is 5.75 Å². The van der Waals surface area contributed by atoms with Crippen LogP contribution in [0.5, 0.6) is 5.75 Å². The van der Waals surface area contributed by atoms with Crippen LogP contribution in [0.1, 0.15) is 35.2 Å². The number of amides is 1. The van der Waals surface area contributed by atoms with Crippen molar-refractivity contribution in [1.82, 2.24) is 9.88 Å². The molecule has 0 saturated carbocycles. The third-order valence-corrected chi connectivity index (χ3v) is 5.78. The molecule has 1 atom stereocenters. The highest BCUT2D eigenvalue weighted by Crippen LogP contribution is 2.33. The number of rotatable bonds is 7. The van der Waals surface area contributed by atoms with Crippen LogP contribution >= 0.6 is 0 Å². The second kappa shape index (κ2) is 9.09. The van der Waals surface area contributed by atoms with Gasteiger partial charge < -0.3 is 14.6 Å². The van der Waals surface area contributed by atoms with Crippen LogP contribution in [0.3, 0.4) is 0 Å². The maximum absolute atomic E-state index is 13.1. The molecule has 4 nitrogen and oxygen atoms in total. The predicted octanol–water partition coefficient (Wildman–Crippen LogP) is 5.67. The molecule has 1 N–H and O–H groups in total. The van der Waals surface area contributed by atoms with E-state index in [0.29, 0.717) is 5.75 Å². The average Bonchev–Trinajstić information content (AvgIpc) is 3.23. The summed E-state index contributed by atoms with van der Waals surface area (Å²) in [6.45, 7) is 4.17. The average molecular weight is 413 g/mol. The van der Waals surface area contributed by atoms with E-state index in [1.165, 1.54) is 11.1 Å². The summed E-state index contributed by atoms with van der Waals surface area (Å²) in [6.07, 6.45) is 2.98. The zero-order valence-corrected chi connectivity index (χ0v) is 18.3. The van der Waals surface area contributed by atoms with E-state index in [2.05, 4.69) is 55.2 Å². The molecule has 4 aromatic rings. The number of nitrogens with zero attached hydrogens (tertiary/aromatic N) is 1. The number of H-pyrrole nitrogens is 1. The zero-order chi connectivity index (χ0) is 21.8. The van der Waals surface area contributed by atoms with Gasteiger partial charge in [0.15, 0.2) is 6.61 Å². The largest absolute Gasteiger partial charge is 0.484 e. The summed E-state index contributed by atoms with van der Waals surface area (Å²) in [5.41, 5.74) is 5.63. The molecule has 0 aliphatic heterocycles. The van der Waals surface area contributed by atoms with Gasteiger partial charge >= 0.3 is 0 Å². The Labute approximate surface area is 183 Å². The fourth-order valence-corrected chi connectivity index (χ4v) is 3.89. The Morgan fingerprint density at radius 1 is 1.00 bits per heavy atom. The molecule has 31 heavy (non-hydrogen) atoms. The van der Waals surface area contributed by atoms with Crippen LogP contribution in [0.2, 0.25) is 0 Å². The fraction of sp³-hybridized carbons (Fsp3) is 0.222. The van der Waals surface area contributed by atoms with Crippen molar-refractivity contribution in [3.8, 4) is 5.75 Å². The van der Waals surface area contributed by atoms with Crippen molar-refractivity contribution in [3.63, 3.8) is 0 Å². The number of aromatic nitrogens is 1. The van der Waals surface area contributed by atoms with E-state index in [-0.39, 0.29) is 18.6 Å². The molecule has 0 saturated heterocycles. The molecule has 1 unspecified atom stereocenters. The number of hydrogen-bond acceptors (Lipinski definition) is 2. The van der Waals surface area contributed by atoms with Crippen LogP contribution in [0.4, 0.5) is 0 Å². The third kappa shape index (κ3) is 4.48. The number of ether oxygens (including phenoxy) is 1. The summed E-state index contributed by atoms with van der Waals surface area (Å²) in [7, 11) is 1.85. The van der Waals surface area contributed by atoms with E-state index in [0.717, 1.165) is 28.5 Å². The van der Waals surface area contributed by atoms with Crippen molar-refractivity contribution in [2.75, 3.05) is 13.7 Å². The van der Waals surface area contributed by atoms with Crippen molar-refractivity contribution >= 4 is 16.8 Å². The van der Waals surface area contributed by atoms with Gasteiger partial charge in [0.05, 0.1) is 6.04 Å². The molecular formula is C27H28N2O2. The molecule has 1 amide bonds. The quantitative estimate of drug-likeness (QED) is 0.425. The molecule has 0 bridgehead atoms. The molecular weight excluding hydrogens is 384 g/mol. The number of carbonyl (C=O) groups is 1. The number of aryl methyl sites for hydroxylation is 2. The van der Waals surface area contributed by atoms with E-state index in [1.807, 2.05) is 49.6 Å². The van der Waals surface area contributed by atoms with Crippen molar-refractivity contribution in [1.29, 1.82) is 0 Å². The molecule has 0 radical (unpaired) electrons. The number of nitrogens with one attached hydrogen (secondary N) is 1. The van der Waals surface area contributed by atoms with Gasteiger partial charge in [-0.2, -0.15) is 0 Å². The zero-order valence-electron chi connectivity index (χ0n) is 18.3. The lowest BCUT2D eigenvalue weighted by atomic mass is 9.96. The maximum atomic E-state index is 13.1. The Balaban J connectivity index is 1.61. The molecule has 3 aromatic carbocycles. The number of benzene rings is 3. The van der Waals surface area contributed by atoms with Gasteiger partial charge in [-0.3, -0.25) is 4.79 Å². The van der Waals surface area contributed by atoms with Gasteiger partial charge in [0.25, 0.3) is 5.91 Å². The molecule has 158 valence electrons. The van der Waals surface area contributed by atoms with Crippen LogP contribution in [0, 0.1) is 6.92 Å². The molecule has 4 rings (SSSR count). The van der Waals surface area contributed by atoms with Crippen LogP contribution < -0.4 is 4.74 Å². The molecule has 4 heteroatoms. The van der Waals surface area contributed by atoms with E-state index in [9.17, 15) is 4.79 Å². The summed E-state index contributed by atoms with van der Waals surface area (Å²) >= 11 is 0. The first-order valence-corrected chi connectivity index (χ1v) is 10.7. The SMILES string of the molecule is CCc1ccc(OCC(=O)N(C)C(c2ccc(C)cc2)c2c[nH]c3ccccc23)cc1. The Bertz CT molecular complexity index is 1160. The number of aromatic amines is 1. The first-order valence-electron chi connectivity index (χ1n) is 10.7. The second-order valence-electron chi connectivity index (χ2n) is 7.89. The summed E-state index contributed by atoms with van der Waals surface area (Å²) in [4.78, 5) is 18.3. The van der Waals surface area contributed by atoms with E-state index >= 15 is 0 Å². The highest BCUT2D eigenvalue weighted by atomic mass is 16.5. The first-order chi connectivity index (χ1) is 15.1. The molecule has 0 aliphatic rings. The Morgan fingerprint density at radius 3 is 2.42 bits per heavy atom. The Kier molecular flexibility index (Phi) is 6.08. The maximum Gasteiger partial charge on any atom is 0.261 e. The lowest BCUT2D eigenvalue weighted by Crippen LogP contribution is -2.35. The molecule has 1 heterocycles. The van der Waals surface area contributed by atoms with Crippen molar-refractivity contribution < 1.29 is 9.53 Å². The lowest BCUT2D eigenvalue weighted by molar-refractivity contribution is -0.133. The van der Waals surface area contributed by atoms with Crippen LogP contribution in [-0.4, -0.2) is 29.4 Å². The predicted molar refractivity (Wildman–Crippen MR) is 125 cm³/mol. The topological polar surface area (TPSA) is 45.3 Å². The second-order valence-corrected chi connectivity index (χ2v) is 7.89. The minimum Gasteiger partial charge on any atom is -0.484 e. The number of para-hydroxylation sites is 1. The Hall–Kier alpha value is -3.53. The van der Waals surface area contributed by atoms with E-state index in [1.54, 1.807) is 4.90 Å². The number of likely N-dealkylation sites (N-methyl/N-ethyl adjacent to an activating group) is 1. The molecule has 1 aromatic heterocycles. The molecule has 0 fully saturated rings. The van der Waals surface area contributed by atoms with Crippen molar-refractivity contribution in [2.45, 2.75) is 26.3 Å². The van der Waals surface area contributed by atoms with Gasteiger partial charge in [0.2, 0.25) is 0 Å². The van der Waals surface area contributed by atoms with Crippen molar-refractivity contribution in [3.05, 3.63) is 101 Å². The molecule has 0 spiro atoms. The monoisotopic (exact) mass is 412 g/mol. The fourth-order valence-electron chi connectivity index (χ4n) is 3.89. The Morgan fingerprint density at radius 2 is 1.71 bits per heavy atom. The number of fused-ring (bicyclic) bond motifs is 1. The smallest absolute Gasteiger partial charge is 0.261 e. The number of hydrogen-bond donors (Lipinski definition) is 1. The number of carbonyl (C=O) groups excluding carboxylic acids is 1. The molecule has 0 aliphatic carbocycles. The van der Waals surface area contributed by atoms with Crippen LogP contribution in [0.15, 0.2) is 79.0 Å². The standard InChI is InChI=1S/C27H28N2O2/c1-4-20-11-15-22(16-12-20)31-18-26(30)29(3)27(21-13-9-19(2)10-14-21)24-17-28-25-8-6-5-7-23(24)25/h5-17,27-28H,4,18H2,1-3H3. The summed E-state index contributed by atoms with van der Waals surface area (Å²) in [5, 5.41) is 1.11. The van der Waals surface area contributed by atoms with E-state index in [4.69, 9.17) is 4.74 Å². The van der Waals surface area contributed by atoms with Crippen LogP contribution in [-0.2, 0) is 11.2 Å². The summed E-state index contributed by atoms with van der Waals surface area (Å²) < 4.78 is 5.80. The van der Waals surface area contributed by atoms with Crippen molar-refractivity contribution in [2.24, 2.45) is 0 Å². The third-order valence-electron chi connectivity index (χ3n) is 5.78. The van der Waals surface area contributed by atoms with Gasteiger partial charge in [0, 0.05) is 29.7 Å².